The molecule has 2 N–H and O–H groups in total. The van der Waals surface area contributed by atoms with Gasteiger partial charge in [-0.15, -0.1) is 0 Å². The number of rotatable bonds is 7. The van der Waals surface area contributed by atoms with Crippen LogP contribution >= 0.6 is 0 Å². The van der Waals surface area contributed by atoms with Gasteiger partial charge in [-0.05, 0) is 72.5 Å². The summed E-state index contributed by atoms with van der Waals surface area (Å²) in [6.07, 6.45) is -0.861. The van der Waals surface area contributed by atoms with Crippen LogP contribution in [0.25, 0.3) is 6.08 Å². The van der Waals surface area contributed by atoms with E-state index in [0.29, 0.717) is 24.4 Å². The number of cyclic esters (lactones) is 1. The van der Waals surface area contributed by atoms with Gasteiger partial charge in [0, 0.05) is 30.5 Å². The van der Waals surface area contributed by atoms with E-state index in [1.165, 1.54) is 13.8 Å². The standard InChI is InChI=1S/C43H65N3O10/c1-12-34-43(9,51)39-27(4)35(45-30(7)47)25(2)22-42(8,53-24-32(23-52-39)44-20-16-19-31-17-14-13-15-18-31)38(28(5)36(48)29(6)40(50)55-34)56-41-37(49)33(46(10)11)21-26(3)54-41/h13-19,25-29,33-34,37-39,41,49,51H,12,20-24H2,1-11H3/b19-16+,44-32?,45-35?/t25-,26-,27+,28+,29-,33+,34-,37-,38-,39?,41+,42-,43-/m1/s1. The van der Waals surface area contributed by atoms with Gasteiger partial charge in [0.25, 0.3) is 0 Å². The lowest BCUT2D eigenvalue weighted by Crippen LogP contribution is -2.60. The van der Waals surface area contributed by atoms with Crippen molar-refractivity contribution in [1.29, 1.82) is 0 Å². The van der Waals surface area contributed by atoms with Gasteiger partial charge in [0.2, 0.25) is 5.91 Å². The second-order valence-corrected chi connectivity index (χ2v) is 16.6. The van der Waals surface area contributed by atoms with Gasteiger partial charge in [-0.3, -0.25) is 19.4 Å². The lowest BCUT2D eigenvalue weighted by Gasteiger charge is -2.47. The Kier molecular flexibility index (Phi) is 15.9. The molecular formula is C43H65N3O10. The molecule has 0 radical (unpaired) electrons. The third kappa shape index (κ3) is 10.9. The SMILES string of the molecule is CC[C@H]1OC(=O)[C@H](C)C(=O)[C@H](C)[C@@H](O[C@@H]2O[C@H](C)C[C@H](N(C)C)[C@H]2O)[C@@]2(C)C[C@@H](C)C(=NC(C)=O)[C@H](C)C(OCC(=NC/C=C/c3ccccc3)CO2)[C@]1(C)O. The number of aliphatic imine (C=N–C) groups is 2. The Morgan fingerprint density at radius 3 is 2.36 bits per heavy atom. The Balaban J connectivity index is 1.94. The molecule has 13 atom stereocenters. The quantitative estimate of drug-likeness (QED) is 0.291. The van der Waals surface area contributed by atoms with Crippen LogP contribution in [0.15, 0.2) is 46.4 Å². The molecular weight excluding hydrogens is 718 g/mol. The van der Waals surface area contributed by atoms with Gasteiger partial charge >= 0.3 is 5.97 Å². The maximum Gasteiger partial charge on any atom is 0.316 e. The van der Waals surface area contributed by atoms with E-state index >= 15 is 0 Å². The fraction of sp³-hybridized carbons (Fsp3) is 0.698. The smallest absolute Gasteiger partial charge is 0.316 e. The first kappa shape index (κ1) is 45.5. The predicted octanol–water partition coefficient (Wildman–Crippen LogP) is 4.70. The average molecular weight is 784 g/mol. The highest BCUT2D eigenvalue weighted by Gasteiger charge is 2.53. The van der Waals surface area contributed by atoms with Crippen molar-refractivity contribution in [2.45, 2.75) is 136 Å². The number of aliphatic hydroxyl groups excluding tert-OH is 1. The van der Waals surface area contributed by atoms with Gasteiger partial charge in [0.1, 0.15) is 23.7 Å². The normalized spacial score (nSPS) is 39.6. The van der Waals surface area contributed by atoms with Crippen LogP contribution in [0, 0.1) is 23.7 Å². The minimum Gasteiger partial charge on any atom is -0.459 e. The summed E-state index contributed by atoms with van der Waals surface area (Å²) in [5.41, 5.74) is -1.14. The fourth-order valence-corrected chi connectivity index (χ4v) is 8.58. The van der Waals surface area contributed by atoms with Crippen LogP contribution in [-0.4, -0.2) is 132 Å². The van der Waals surface area contributed by atoms with Crippen molar-refractivity contribution >= 4 is 35.2 Å². The molecule has 4 rings (SSSR count). The Bertz CT molecular complexity index is 1590. The molecule has 0 aliphatic carbocycles. The first-order valence-corrected chi connectivity index (χ1v) is 20.0. The van der Waals surface area contributed by atoms with Crippen LogP contribution in [0.5, 0.6) is 0 Å². The maximum atomic E-state index is 14.5. The number of carbonyl (C=O) groups is 3. The zero-order valence-electron chi connectivity index (χ0n) is 35.1. The summed E-state index contributed by atoms with van der Waals surface area (Å²) in [4.78, 5) is 52.4. The van der Waals surface area contributed by atoms with Gasteiger partial charge in [-0.2, -0.15) is 0 Å². The minimum absolute atomic E-state index is 0.0431. The Morgan fingerprint density at radius 2 is 1.73 bits per heavy atom. The summed E-state index contributed by atoms with van der Waals surface area (Å²) in [6.45, 7) is 15.5. The minimum atomic E-state index is -1.80. The van der Waals surface area contributed by atoms with E-state index in [-0.39, 0.29) is 38.2 Å². The van der Waals surface area contributed by atoms with Gasteiger partial charge < -0.3 is 38.8 Å². The molecule has 0 spiro atoms. The topological polar surface area (TPSA) is 166 Å². The maximum absolute atomic E-state index is 14.5. The molecule has 1 unspecified atom stereocenters. The molecule has 0 aromatic heterocycles. The van der Waals surface area contributed by atoms with Crippen molar-refractivity contribution in [3.63, 3.8) is 0 Å². The van der Waals surface area contributed by atoms with Gasteiger partial charge in [-0.25, -0.2) is 4.99 Å². The number of esters is 1. The van der Waals surface area contributed by atoms with Gasteiger partial charge in [-0.1, -0.05) is 70.2 Å². The molecule has 1 aromatic rings. The summed E-state index contributed by atoms with van der Waals surface area (Å²) in [5.74, 6) is -5.07. The number of amides is 1. The third-order valence-corrected chi connectivity index (χ3v) is 11.7. The summed E-state index contributed by atoms with van der Waals surface area (Å²) in [5, 5.41) is 24.0. The van der Waals surface area contributed by atoms with Crippen LogP contribution in [0.4, 0.5) is 0 Å². The van der Waals surface area contributed by atoms with E-state index in [1.54, 1.807) is 20.8 Å². The highest BCUT2D eigenvalue weighted by molar-refractivity contribution is 6.00. The second kappa shape index (κ2) is 19.5. The van der Waals surface area contributed by atoms with Crippen LogP contribution in [0.3, 0.4) is 0 Å². The first-order chi connectivity index (χ1) is 26.3. The van der Waals surface area contributed by atoms with E-state index in [1.807, 2.05) is 89.2 Å². The number of carbonyl (C=O) groups excluding carboxylic acids is 3. The Morgan fingerprint density at radius 1 is 1.05 bits per heavy atom. The lowest BCUT2D eigenvalue weighted by molar-refractivity contribution is -0.296. The summed E-state index contributed by atoms with van der Waals surface area (Å²) >= 11 is 0. The van der Waals surface area contributed by atoms with Gasteiger partial charge in [0.05, 0.1) is 49.4 Å². The second-order valence-electron chi connectivity index (χ2n) is 16.6. The fourth-order valence-electron chi connectivity index (χ4n) is 8.58. The zero-order valence-corrected chi connectivity index (χ0v) is 35.1. The van der Waals surface area contributed by atoms with Gasteiger partial charge in [0.15, 0.2) is 12.1 Å². The molecule has 3 aliphatic rings. The Labute approximate surface area is 332 Å². The van der Waals surface area contributed by atoms with Crippen molar-refractivity contribution in [2.75, 3.05) is 33.9 Å². The number of fused-ring (bicyclic) bond motifs is 5. The lowest BCUT2D eigenvalue weighted by atomic mass is 9.73. The monoisotopic (exact) mass is 783 g/mol. The van der Waals surface area contributed by atoms with Crippen molar-refractivity contribution in [1.82, 2.24) is 4.90 Å². The molecule has 0 saturated carbocycles. The Hall–Kier alpha value is -3.17. The van der Waals surface area contributed by atoms with E-state index in [0.717, 1.165) is 5.56 Å². The van der Waals surface area contributed by atoms with E-state index in [9.17, 15) is 24.6 Å². The first-order valence-electron chi connectivity index (χ1n) is 20.0. The van der Waals surface area contributed by atoms with Crippen LogP contribution < -0.4 is 0 Å². The molecule has 3 aliphatic heterocycles. The highest BCUT2D eigenvalue weighted by Crippen LogP contribution is 2.40. The van der Waals surface area contributed by atoms with E-state index in [4.69, 9.17) is 28.7 Å². The summed E-state index contributed by atoms with van der Waals surface area (Å²) in [6, 6.07) is 9.55. The van der Waals surface area contributed by atoms with Crippen molar-refractivity contribution in [2.24, 2.45) is 33.7 Å². The molecule has 2 bridgehead atoms. The molecule has 312 valence electrons. The number of nitrogens with zero attached hydrogens (tertiary/aromatic N) is 3. The number of aliphatic hydroxyl groups is 2. The number of hydrogen-bond acceptors (Lipinski definition) is 12. The molecule has 3 saturated heterocycles. The van der Waals surface area contributed by atoms with E-state index < -0.39 is 83.2 Å². The number of ketones is 1. The molecule has 13 heteroatoms. The molecule has 1 amide bonds. The van der Waals surface area contributed by atoms with Crippen LogP contribution in [-0.2, 0) is 38.1 Å². The van der Waals surface area contributed by atoms with Crippen molar-refractivity contribution in [3.8, 4) is 0 Å². The number of ether oxygens (including phenoxy) is 5. The predicted molar refractivity (Wildman–Crippen MR) is 214 cm³/mol. The molecule has 56 heavy (non-hydrogen) atoms. The molecule has 1 aromatic carbocycles. The highest BCUT2D eigenvalue weighted by atomic mass is 16.7. The number of benzene rings is 1. The number of likely N-dealkylation sites (N-methyl/N-ethyl adjacent to an activating group) is 1. The molecule has 13 nitrogen and oxygen atoms in total. The van der Waals surface area contributed by atoms with Crippen molar-refractivity contribution in [3.05, 3.63) is 42.0 Å². The zero-order chi connectivity index (χ0) is 41.5. The van der Waals surface area contributed by atoms with E-state index in [2.05, 4.69) is 4.99 Å². The average Bonchev–Trinajstić information content (AvgIpc) is 3.16. The molecule has 3 fully saturated rings. The largest absolute Gasteiger partial charge is 0.459 e. The third-order valence-electron chi connectivity index (χ3n) is 11.7. The number of hydrogen-bond donors (Lipinski definition) is 2. The van der Waals surface area contributed by atoms with Crippen LogP contribution in [0.1, 0.15) is 87.1 Å². The summed E-state index contributed by atoms with van der Waals surface area (Å²) < 4.78 is 32.5. The van der Waals surface area contributed by atoms with Crippen LogP contribution in [0.2, 0.25) is 0 Å². The van der Waals surface area contributed by atoms with Crippen molar-refractivity contribution < 1.29 is 48.3 Å². The molecule has 3 heterocycles. The number of Topliss-reactive ketones (excluding diaryl/α,β-unsaturated/α-hetero) is 1. The summed E-state index contributed by atoms with van der Waals surface area (Å²) in [7, 11) is 3.76.